The van der Waals surface area contributed by atoms with E-state index in [0.717, 1.165) is 41.7 Å². The molecule has 2 N–H and O–H groups in total. The highest BCUT2D eigenvalue weighted by atomic mass is 32.2. The van der Waals surface area contributed by atoms with E-state index in [1.807, 2.05) is 13.1 Å². The van der Waals surface area contributed by atoms with E-state index in [1.165, 1.54) is 27.4 Å². The molecule has 0 radical (unpaired) electrons. The van der Waals surface area contributed by atoms with Crippen LogP contribution in [0.1, 0.15) is 67.6 Å². The quantitative estimate of drug-likeness (QED) is 0.202. The van der Waals surface area contributed by atoms with Crippen molar-refractivity contribution in [3.8, 4) is 29.7 Å². The van der Waals surface area contributed by atoms with E-state index in [2.05, 4.69) is 71.4 Å². The Balaban J connectivity index is 1.00. The first kappa shape index (κ1) is 41.0. The van der Waals surface area contributed by atoms with Crippen LogP contribution in [0.15, 0.2) is 53.7 Å². The SMILES string of the molecule is Cn1nc(N2CCC(=O)NC2=O)c2ccc(C3CCN(C(C#Cc4cc(S(=O)(=O)N5CCC(Nc6ncc(OC(F)F)cn6)CC5)ccc4C#N)CCC#N)CC3)cc21. The summed E-state index contributed by atoms with van der Waals surface area (Å²) < 4.78 is 59.9. The lowest BCUT2D eigenvalue weighted by Gasteiger charge is -2.35. The molecule has 2 aromatic carbocycles. The number of fused-ring (bicyclic) bond motifs is 1. The van der Waals surface area contributed by atoms with Gasteiger partial charge in [0.05, 0.1) is 40.5 Å². The molecule has 4 aromatic rings. The molecule has 0 aliphatic carbocycles. The molecule has 0 bridgehead atoms. The van der Waals surface area contributed by atoms with E-state index in [1.54, 1.807) is 4.68 Å². The Morgan fingerprint density at radius 2 is 1.73 bits per heavy atom. The Morgan fingerprint density at radius 3 is 2.41 bits per heavy atom. The van der Waals surface area contributed by atoms with Gasteiger partial charge in [-0.25, -0.2) is 23.2 Å². The lowest BCUT2D eigenvalue weighted by atomic mass is 9.88. The molecule has 3 amide bonds. The maximum atomic E-state index is 13.8. The van der Waals surface area contributed by atoms with E-state index < -0.39 is 22.7 Å². The Labute approximate surface area is 339 Å². The number of rotatable bonds is 11. The summed E-state index contributed by atoms with van der Waals surface area (Å²) in [6, 6.07) is 13.8. The van der Waals surface area contributed by atoms with Crippen molar-refractivity contribution in [2.24, 2.45) is 7.05 Å². The summed E-state index contributed by atoms with van der Waals surface area (Å²) in [6.07, 6.45) is 5.78. The molecule has 1 atom stereocenters. The molecule has 16 nitrogen and oxygen atoms in total. The third kappa shape index (κ3) is 9.26. The minimum atomic E-state index is -3.94. The normalized spacial score (nSPS) is 17.8. The molecule has 3 aliphatic heterocycles. The molecule has 7 rings (SSSR count). The van der Waals surface area contributed by atoms with Crippen molar-refractivity contribution in [1.29, 1.82) is 10.5 Å². The van der Waals surface area contributed by atoms with E-state index in [0.29, 0.717) is 38.2 Å². The van der Waals surface area contributed by atoms with E-state index in [4.69, 9.17) is 0 Å². The molecule has 59 heavy (non-hydrogen) atoms. The lowest BCUT2D eigenvalue weighted by molar-refractivity contribution is -0.120. The Bertz CT molecular complexity index is 2480. The molecule has 0 saturated carbocycles. The van der Waals surface area contributed by atoms with Crippen LogP contribution in [-0.2, 0) is 21.9 Å². The van der Waals surface area contributed by atoms with Crippen LogP contribution in [0.3, 0.4) is 0 Å². The first-order valence-electron chi connectivity index (χ1n) is 19.2. The second-order valence-corrected chi connectivity index (χ2v) is 16.5. The average Bonchev–Trinajstić information content (AvgIpc) is 3.56. The van der Waals surface area contributed by atoms with E-state index >= 15 is 0 Å². The third-order valence-electron chi connectivity index (χ3n) is 10.9. The number of piperidine rings is 2. The third-order valence-corrected chi connectivity index (χ3v) is 12.8. The number of aromatic nitrogens is 4. The lowest BCUT2D eigenvalue weighted by Crippen LogP contribution is -2.49. The first-order valence-corrected chi connectivity index (χ1v) is 20.7. The number of hydrogen-bond donors (Lipinski definition) is 2. The number of ether oxygens (including phenoxy) is 1. The van der Waals surface area contributed by atoms with Crippen LogP contribution >= 0.6 is 0 Å². The van der Waals surface area contributed by atoms with Crippen molar-refractivity contribution in [3.63, 3.8) is 0 Å². The summed E-state index contributed by atoms with van der Waals surface area (Å²) in [7, 11) is -2.11. The van der Waals surface area contributed by atoms with Crippen LogP contribution in [0.5, 0.6) is 5.75 Å². The second-order valence-electron chi connectivity index (χ2n) is 14.5. The molecular formula is C40H41F2N11O5S. The number of carbonyl (C=O) groups is 2. The summed E-state index contributed by atoms with van der Waals surface area (Å²) in [5.41, 5.74) is 2.55. The molecule has 3 fully saturated rings. The molecule has 19 heteroatoms. The number of anilines is 2. The van der Waals surface area contributed by atoms with Gasteiger partial charge in [0.25, 0.3) is 0 Å². The minimum Gasteiger partial charge on any atom is -0.432 e. The Morgan fingerprint density at radius 1 is 0.983 bits per heavy atom. The van der Waals surface area contributed by atoms with Gasteiger partial charge in [-0.3, -0.25) is 24.6 Å². The minimum absolute atomic E-state index is 0.0198. The van der Waals surface area contributed by atoms with Crippen LogP contribution in [0, 0.1) is 34.5 Å². The van der Waals surface area contributed by atoms with Crippen LogP contribution in [-0.4, -0.2) is 101 Å². The number of nitrogens with zero attached hydrogens (tertiary/aromatic N) is 9. The highest BCUT2D eigenvalue weighted by molar-refractivity contribution is 7.89. The zero-order valence-corrected chi connectivity index (χ0v) is 33.0. The number of benzene rings is 2. The Kier molecular flexibility index (Phi) is 12.3. The molecule has 2 aromatic heterocycles. The molecule has 306 valence electrons. The number of hydrogen-bond acceptors (Lipinski definition) is 12. The molecule has 1 unspecified atom stereocenters. The maximum Gasteiger partial charge on any atom is 0.387 e. The summed E-state index contributed by atoms with van der Waals surface area (Å²) in [6.45, 7) is -0.898. The number of nitrogens with one attached hydrogen (secondary N) is 2. The van der Waals surface area contributed by atoms with E-state index in [-0.39, 0.29) is 84.1 Å². The first-order chi connectivity index (χ1) is 28.4. The number of sulfonamides is 1. The van der Waals surface area contributed by atoms with Crippen molar-refractivity contribution >= 4 is 44.6 Å². The fraction of sp³-hybridized carbons (Fsp3) is 0.425. The van der Waals surface area contributed by atoms with E-state index in [9.17, 15) is 37.3 Å². The van der Waals surface area contributed by atoms with Gasteiger partial charge in [-0.15, -0.1) is 0 Å². The molecule has 5 heterocycles. The summed E-state index contributed by atoms with van der Waals surface area (Å²) in [5.74, 6) is 6.86. The molecule has 0 spiro atoms. The smallest absolute Gasteiger partial charge is 0.387 e. The van der Waals surface area contributed by atoms with Gasteiger partial charge in [-0.2, -0.15) is 28.7 Å². The number of urea groups is 1. The number of amides is 3. The highest BCUT2D eigenvalue weighted by Crippen LogP contribution is 2.34. The van der Waals surface area contributed by atoms with Gasteiger partial charge in [0, 0.05) is 56.5 Å². The Hall–Kier alpha value is -6.20. The van der Waals surface area contributed by atoms with Crippen molar-refractivity contribution in [2.45, 2.75) is 74.5 Å². The van der Waals surface area contributed by atoms with Gasteiger partial charge < -0.3 is 10.1 Å². The number of carbonyl (C=O) groups excluding carboxylic acids is 2. The van der Waals surface area contributed by atoms with Gasteiger partial charge in [0.15, 0.2) is 11.6 Å². The molecular weight excluding hydrogens is 785 g/mol. The summed E-state index contributed by atoms with van der Waals surface area (Å²) in [4.78, 5) is 36.0. The predicted octanol–water partition coefficient (Wildman–Crippen LogP) is 4.45. The van der Waals surface area contributed by atoms with Crippen LogP contribution < -0.4 is 20.3 Å². The van der Waals surface area contributed by atoms with Crippen LogP contribution in [0.25, 0.3) is 10.9 Å². The number of imide groups is 1. The predicted molar refractivity (Wildman–Crippen MR) is 211 cm³/mol. The van der Waals surface area contributed by atoms with Crippen molar-refractivity contribution in [2.75, 3.05) is 42.9 Å². The fourth-order valence-electron chi connectivity index (χ4n) is 7.74. The largest absolute Gasteiger partial charge is 0.432 e. The number of aryl methyl sites for hydroxylation is 1. The summed E-state index contributed by atoms with van der Waals surface area (Å²) in [5, 5.41) is 30.2. The van der Waals surface area contributed by atoms with Crippen molar-refractivity contribution in [1.82, 2.24) is 34.3 Å². The monoisotopic (exact) mass is 825 g/mol. The van der Waals surface area contributed by atoms with Crippen LogP contribution in [0.4, 0.5) is 25.3 Å². The zero-order chi connectivity index (χ0) is 41.7. The van der Waals surface area contributed by atoms with Gasteiger partial charge in [0.1, 0.15) is 6.07 Å². The zero-order valence-electron chi connectivity index (χ0n) is 32.1. The number of likely N-dealkylation sites (tertiary alicyclic amines) is 1. The van der Waals surface area contributed by atoms with Gasteiger partial charge in [-0.05, 0) is 87.0 Å². The maximum absolute atomic E-state index is 13.8. The number of nitriles is 2. The number of halogens is 2. The van der Waals surface area contributed by atoms with Gasteiger partial charge in [0.2, 0.25) is 21.9 Å². The molecule has 3 saturated heterocycles. The van der Waals surface area contributed by atoms with Crippen molar-refractivity contribution in [3.05, 3.63) is 65.5 Å². The second kappa shape index (κ2) is 17.7. The fourth-order valence-corrected chi connectivity index (χ4v) is 9.24. The van der Waals surface area contributed by atoms with Gasteiger partial charge in [-0.1, -0.05) is 17.9 Å². The summed E-state index contributed by atoms with van der Waals surface area (Å²) >= 11 is 0. The standard InChI is InChI=1S/C40H41F2N11O5S/c1-50-35-22-28(6-9-34(35)37(49-50)53-20-14-36(54)48-40(53)55)26-10-16-51(17-11-26)31(3-2-15-43)7-4-27-21-33(8-5-29(27)23-44)59(56,57)52-18-12-30(13-19-52)47-39-45-24-32(25-46-39)58-38(41)42/h5-6,8-9,21-22,24-26,30-31,38H,2-3,10-14,16-20H2,1H3,(H,45,46,47)(H,48,54,55). The van der Waals surface area contributed by atoms with Gasteiger partial charge >= 0.3 is 12.6 Å². The highest BCUT2D eigenvalue weighted by Gasteiger charge is 2.32. The molecule has 3 aliphatic rings. The number of alkyl halides is 2. The average molecular weight is 826 g/mol. The van der Waals surface area contributed by atoms with Crippen molar-refractivity contribution < 1.29 is 31.5 Å². The topological polar surface area (TPSA) is 202 Å². The van der Waals surface area contributed by atoms with Crippen LogP contribution in [0.2, 0.25) is 0 Å².